The number of aryl methyl sites for hydroxylation is 2. The number of thiophene rings is 2. The summed E-state index contributed by atoms with van der Waals surface area (Å²) in [5.41, 5.74) is 4.39. The minimum Gasteiger partial charge on any atom is -0.310 e. The van der Waals surface area contributed by atoms with Gasteiger partial charge in [-0.25, -0.2) is 0 Å². The molecule has 98 valence electrons. The lowest BCUT2D eigenvalue weighted by atomic mass is 9.99. The highest BCUT2D eigenvalue weighted by Crippen LogP contribution is 2.26. The van der Waals surface area contributed by atoms with Gasteiger partial charge in [0.15, 0.2) is 0 Å². The van der Waals surface area contributed by atoms with Crippen LogP contribution >= 0.6 is 22.7 Å². The van der Waals surface area contributed by atoms with Crippen molar-refractivity contribution in [1.82, 2.24) is 5.32 Å². The highest BCUT2D eigenvalue weighted by atomic mass is 32.1. The SMILES string of the molecule is CCCNC(CCc1ccsc1)c1cscc1C. The fourth-order valence-electron chi connectivity index (χ4n) is 2.16. The average molecular weight is 279 g/mol. The second kappa shape index (κ2) is 7.07. The molecule has 2 heterocycles. The molecule has 0 aromatic carbocycles. The zero-order chi connectivity index (χ0) is 12.8. The predicted molar refractivity (Wildman–Crippen MR) is 82.7 cm³/mol. The van der Waals surface area contributed by atoms with Gasteiger partial charge in [-0.1, -0.05) is 6.92 Å². The molecule has 0 aliphatic rings. The van der Waals surface area contributed by atoms with Gasteiger partial charge in [-0.2, -0.15) is 22.7 Å². The lowest BCUT2D eigenvalue weighted by molar-refractivity contribution is 0.499. The van der Waals surface area contributed by atoms with Crippen LogP contribution in [0.15, 0.2) is 27.6 Å². The van der Waals surface area contributed by atoms with Crippen molar-refractivity contribution in [2.24, 2.45) is 0 Å². The number of rotatable bonds is 7. The van der Waals surface area contributed by atoms with E-state index in [2.05, 4.69) is 46.8 Å². The van der Waals surface area contributed by atoms with Gasteiger partial charge < -0.3 is 5.32 Å². The first-order valence-corrected chi connectivity index (χ1v) is 8.47. The van der Waals surface area contributed by atoms with Gasteiger partial charge in [-0.05, 0) is 77.0 Å². The summed E-state index contributed by atoms with van der Waals surface area (Å²) < 4.78 is 0. The van der Waals surface area contributed by atoms with Crippen LogP contribution in [0.4, 0.5) is 0 Å². The maximum atomic E-state index is 3.69. The Bertz CT molecular complexity index is 445. The van der Waals surface area contributed by atoms with E-state index in [1.165, 1.54) is 36.0 Å². The molecule has 0 fully saturated rings. The molecule has 3 heteroatoms. The van der Waals surface area contributed by atoms with Gasteiger partial charge in [0, 0.05) is 6.04 Å². The molecule has 0 aliphatic carbocycles. The van der Waals surface area contributed by atoms with Crippen LogP contribution in [-0.2, 0) is 6.42 Å². The van der Waals surface area contributed by atoms with Crippen molar-refractivity contribution in [3.05, 3.63) is 44.3 Å². The van der Waals surface area contributed by atoms with Crippen LogP contribution in [0.25, 0.3) is 0 Å². The molecule has 0 saturated carbocycles. The molecular weight excluding hydrogens is 258 g/mol. The van der Waals surface area contributed by atoms with Gasteiger partial charge in [0.1, 0.15) is 0 Å². The topological polar surface area (TPSA) is 12.0 Å². The Kier molecular flexibility index (Phi) is 5.42. The molecule has 1 nitrogen and oxygen atoms in total. The normalized spacial score (nSPS) is 12.8. The predicted octanol–water partition coefficient (Wildman–Crippen LogP) is 4.79. The summed E-state index contributed by atoms with van der Waals surface area (Å²) >= 11 is 3.60. The van der Waals surface area contributed by atoms with Gasteiger partial charge in [0.05, 0.1) is 0 Å². The molecule has 2 rings (SSSR count). The smallest absolute Gasteiger partial charge is 0.0334 e. The quantitative estimate of drug-likeness (QED) is 0.768. The van der Waals surface area contributed by atoms with E-state index < -0.39 is 0 Å². The average Bonchev–Trinajstić information content (AvgIpc) is 3.01. The summed E-state index contributed by atoms with van der Waals surface area (Å²) in [5.74, 6) is 0. The van der Waals surface area contributed by atoms with Crippen molar-refractivity contribution in [2.45, 2.75) is 39.2 Å². The third kappa shape index (κ3) is 3.67. The molecule has 0 saturated heterocycles. The maximum Gasteiger partial charge on any atom is 0.0334 e. The molecule has 0 spiro atoms. The minimum atomic E-state index is 0.510. The largest absolute Gasteiger partial charge is 0.310 e. The molecule has 2 aromatic rings. The molecule has 1 unspecified atom stereocenters. The van der Waals surface area contributed by atoms with Crippen molar-refractivity contribution < 1.29 is 0 Å². The molecule has 0 radical (unpaired) electrons. The lowest BCUT2D eigenvalue weighted by Crippen LogP contribution is -2.22. The summed E-state index contributed by atoms with van der Waals surface area (Å²) in [5, 5.41) is 12.7. The van der Waals surface area contributed by atoms with E-state index in [9.17, 15) is 0 Å². The van der Waals surface area contributed by atoms with Gasteiger partial charge in [-0.3, -0.25) is 0 Å². The first-order valence-electron chi connectivity index (χ1n) is 6.58. The van der Waals surface area contributed by atoms with E-state index >= 15 is 0 Å². The van der Waals surface area contributed by atoms with E-state index in [1.54, 1.807) is 11.3 Å². The van der Waals surface area contributed by atoms with E-state index in [0.29, 0.717) is 6.04 Å². The van der Waals surface area contributed by atoms with Crippen molar-refractivity contribution in [2.75, 3.05) is 6.54 Å². The number of nitrogens with one attached hydrogen (secondary N) is 1. The first kappa shape index (κ1) is 13.8. The van der Waals surface area contributed by atoms with Crippen LogP contribution in [-0.4, -0.2) is 6.54 Å². The number of hydrogen-bond donors (Lipinski definition) is 1. The van der Waals surface area contributed by atoms with Crippen LogP contribution in [0.2, 0.25) is 0 Å². The van der Waals surface area contributed by atoms with E-state index in [1.807, 2.05) is 11.3 Å². The van der Waals surface area contributed by atoms with Crippen LogP contribution in [0.5, 0.6) is 0 Å². The first-order chi connectivity index (χ1) is 8.81. The second-order valence-corrected chi connectivity index (χ2v) is 6.21. The third-order valence-corrected chi connectivity index (χ3v) is 4.82. The Labute approximate surface area is 118 Å². The zero-order valence-corrected chi connectivity index (χ0v) is 12.7. The minimum absolute atomic E-state index is 0.510. The summed E-state index contributed by atoms with van der Waals surface area (Å²) in [7, 11) is 0. The monoisotopic (exact) mass is 279 g/mol. The van der Waals surface area contributed by atoms with Crippen molar-refractivity contribution in [3.8, 4) is 0 Å². The molecule has 18 heavy (non-hydrogen) atoms. The zero-order valence-electron chi connectivity index (χ0n) is 11.1. The van der Waals surface area contributed by atoms with Crippen molar-refractivity contribution in [3.63, 3.8) is 0 Å². The van der Waals surface area contributed by atoms with Gasteiger partial charge in [0.2, 0.25) is 0 Å². The Morgan fingerprint density at radius 3 is 2.72 bits per heavy atom. The molecule has 0 aliphatic heterocycles. The highest BCUT2D eigenvalue weighted by molar-refractivity contribution is 7.08. The lowest BCUT2D eigenvalue weighted by Gasteiger charge is -2.18. The van der Waals surface area contributed by atoms with Crippen LogP contribution < -0.4 is 5.32 Å². The van der Waals surface area contributed by atoms with Crippen LogP contribution in [0.1, 0.15) is 42.5 Å². The van der Waals surface area contributed by atoms with Gasteiger partial charge in [0.25, 0.3) is 0 Å². The van der Waals surface area contributed by atoms with Gasteiger partial charge >= 0.3 is 0 Å². The summed E-state index contributed by atoms with van der Waals surface area (Å²) in [6, 6.07) is 2.75. The maximum absolute atomic E-state index is 3.69. The summed E-state index contributed by atoms with van der Waals surface area (Å²) in [6.45, 7) is 5.55. The molecule has 1 N–H and O–H groups in total. The van der Waals surface area contributed by atoms with E-state index in [0.717, 1.165) is 6.54 Å². The Hall–Kier alpha value is -0.640. The molecule has 2 aromatic heterocycles. The Morgan fingerprint density at radius 2 is 2.11 bits per heavy atom. The van der Waals surface area contributed by atoms with Crippen molar-refractivity contribution in [1.29, 1.82) is 0 Å². The van der Waals surface area contributed by atoms with Crippen LogP contribution in [0.3, 0.4) is 0 Å². The Morgan fingerprint density at radius 1 is 1.22 bits per heavy atom. The van der Waals surface area contributed by atoms with Gasteiger partial charge in [-0.15, -0.1) is 0 Å². The fraction of sp³-hybridized carbons (Fsp3) is 0.467. The number of hydrogen-bond acceptors (Lipinski definition) is 3. The van der Waals surface area contributed by atoms with E-state index in [4.69, 9.17) is 0 Å². The Balaban J connectivity index is 1.99. The third-order valence-electron chi connectivity index (χ3n) is 3.21. The molecular formula is C15H21NS2. The molecule has 0 bridgehead atoms. The van der Waals surface area contributed by atoms with Crippen molar-refractivity contribution >= 4 is 22.7 Å². The summed E-state index contributed by atoms with van der Waals surface area (Å²) in [4.78, 5) is 0. The van der Waals surface area contributed by atoms with Crippen LogP contribution in [0, 0.1) is 6.92 Å². The van der Waals surface area contributed by atoms with E-state index in [-0.39, 0.29) is 0 Å². The standard InChI is InChI=1S/C15H21NS2/c1-3-7-16-15(14-11-18-9-12(14)2)5-4-13-6-8-17-10-13/h6,8-11,15-16H,3-5,7H2,1-2H3. The molecule has 1 atom stereocenters. The fourth-order valence-corrected chi connectivity index (χ4v) is 3.77. The second-order valence-electron chi connectivity index (χ2n) is 4.69. The summed E-state index contributed by atoms with van der Waals surface area (Å²) in [6.07, 6.45) is 3.55. The highest BCUT2D eigenvalue weighted by Gasteiger charge is 2.13. The molecule has 0 amide bonds.